The molecule has 110 valence electrons. The Morgan fingerprint density at radius 3 is 2.43 bits per heavy atom. The maximum atomic E-state index is 12.4. The van der Waals surface area contributed by atoms with Crippen molar-refractivity contribution in [1.29, 1.82) is 0 Å². The molecule has 2 aromatic carbocycles. The van der Waals surface area contributed by atoms with Crippen LogP contribution in [0.25, 0.3) is 0 Å². The monoisotopic (exact) mass is 365 g/mol. The van der Waals surface area contributed by atoms with E-state index in [0.29, 0.717) is 15.1 Å². The number of halogens is 2. The van der Waals surface area contributed by atoms with Crippen LogP contribution in [-0.4, -0.2) is 5.91 Å². The van der Waals surface area contributed by atoms with Crippen LogP contribution in [0.3, 0.4) is 0 Å². The zero-order valence-electron chi connectivity index (χ0n) is 12.2. The zero-order valence-corrected chi connectivity index (χ0v) is 14.5. The van der Waals surface area contributed by atoms with E-state index in [4.69, 9.17) is 11.6 Å². The number of hydrogen-bond donors (Lipinski definition) is 1. The van der Waals surface area contributed by atoms with Gasteiger partial charge in [-0.1, -0.05) is 56.6 Å². The topological polar surface area (TPSA) is 29.1 Å². The third-order valence-corrected chi connectivity index (χ3v) is 4.48. The lowest BCUT2D eigenvalue weighted by atomic mass is 9.86. The number of carbonyl (C=O) groups excluding carboxylic acids is 1. The Morgan fingerprint density at radius 2 is 1.76 bits per heavy atom. The van der Waals surface area contributed by atoms with Crippen molar-refractivity contribution in [3.8, 4) is 0 Å². The molecule has 0 heterocycles. The van der Waals surface area contributed by atoms with Gasteiger partial charge in [-0.05, 0) is 45.1 Å². The van der Waals surface area contributed by atoms with Crippen molar-refractivity contribution >= 4 is 39.1 Å². The predicted molar refractivity (Wildman–Crippen MR) is 92.2 cm³/mol. The lowest BCUT2D eigenvalue weighted by Crippen LogP contribution is -2.19. The van der Waals surface area contributed by atoms with Crippen molar-refractivity contribution in [2.24, 2.45) is 0 Å². The van der Waals surface area contributed by atoms with Crippen LogP contribution in [-0.2, 0) is 5.41 Å². The van der Waals surface area contributed by atoms with Crippen LogP contribution < -0.4 is 5.32 Å². The van der Waals surface area contributed by atoms with Crippen LogP contribution >= 0.6 is 27.5 Å². The number of amides is 1. The number of carbonyl (C=O) groups is 1. The number of nitrogens with one attached hydrogen (secondary N) is 1. The van der Waals surface area contributed by atoms with E-state index in [1.807, 2.05) is 30.3 Å². The molecule has 2 rings (SSSR count). The van der Waals surface area contributed by atoms with E-state index in [1.165, 1.54) is 0 Å². The average Bonchev–Trinajstić information content (AvgIpc) is 2.41. The zero-order chi connectivity index (χ0) is 15.6. The molecule has 0 fully saturated rings. The van der Waals surface area contributed by atoms with Crippen molar-refractivity contribution in [1.82, 2.24) is 0 Å². The molecule has 0 unspecified atom stereocenters. The Balaban J connectivity index is 2.35. The molecule has 0 atom stereocenters. The highest BCUT2D eigenvalue weighted by Gasteiger charge is 2.20. The van der Waals surface area contributed by atoms with Crippen molar-refractivity contribution in [2.75, 3.05) is 5.32 Å². The highest BCUT2D eigenvalue weighted by Crippen LogP contribution is 2.31. The largest absolute Gasteiger partial charge is 0.322 e. The van der Waals surface area contributed by atoms with Crippen LogP contribution in [0.15, 0.2) is 46.9 Å². The van der Waals surface area contributed by atoms with Gasteiger partial charge >= 0.3 is 0 Å². The molecule has 0 spiro atoms. The van der Waals surface area contributed by atoms with Crippen molar-refractivity contribution in [3.05, 3.63) is 63.1 Å². The van der Waals surface area contributed by atoms with E-state index in [0.717, 1.165) is 11.3 Å². The molecule has 0 aromatic heterocycles. The van der Waals surface area contributed by atoms with Crippen molar-refractivity contribution < 1.29 is 4.79 Å². The molecule has 2 nitrogen and oxygen atoms in total. The third kappa shape index (κ3) is 3.66. The maximum Gasteiger partial charge on any atom is 0.257 e. The first-order valence-corrected chi connectivity index (χ1v) is 7.82. The minimum atomic E-state index is -0.210. The summed E-state index contributed by atoms with van der Waals surface area (Å²) in [5, 5.41) is 3.38. The minimum absolute atomic E-state index is 0.0507. The minimum Gasteiger partial charge on any atom is -0.322 e. The molecule has 21 heavy (non-hydrogen) atoms. The summed E-state index contributed by atoms with van der Waals surface area (Å²) in [4.78, 5) is 12.4. The van der Waals surface area contributed by atoms with E-state index in [9.17, 15) is 4.79 Å². The van der Waals surface area contributed by atoms with E-state index < -0.39 is 0 Å². The Morgan fingerprint density at radius 1 is 1.10 bits per heavy atom. The molecule has 1 amide bonds. The molecule has 0 aliphatic rings. The van der Waals surface area contributed by atoms with Gasteiger partial charge in [0.25, 0.3) is 5.91 Å². The molecule has 0 radical (unpaired) electrons. The van der Waals surface area contributed by atoms with Gasteiger partial charge in [0, 0.05) is 10.2 Å². The van der Waals surface area contributed by atoms with Gasteiger partial charge in [0.1, 0.15) is 0 Å². The summed E-state index contributed by atoms with van der Waals surface area (Å²) in [6.07, 6.45) is 0. The Hall–Kier alpha value is -1.32. The first-order chi connectivity index (χ1) is 9.80. The summed E-state index contributed by atoms with van der Waals surface area (Å²) in [5.74, 6) is -0.210. The summed E-state index contributed by atoms with van der Waals surface area (Å²) < 4.78 is 0.709. The van der Waals surface area contributed by atoms with Crippen molar-refractivity contribution in [2.45, 2.75) is 26.2 Å². The highest BCUT2D eigenvalue weighted by atomic mass is 79.9. The smallest absolute Gasteiger partial charge is 0.257 e. The summed E-state index contributed by atoms with van der Waals surface area (Å²) in [7, 11) is 0. The van der Waals surface area contributed by atoms with Gasteiger partial charge in [-0.25, -0.2) is 0 Å². The summed E-state index contributed by atoms with van der Waals surface area (Å²) in [6.45, 7) is 6.35. The van der Waals surface area contributed by atoms with Gasteiger partial charge in [-0.15, -0.1) is 0 Å². The quantitative estimate of drug-likeness (QED) is 0.731. The van der Waals surface area contributed by atoms with Gasteiger partial charge in [0.15, 0.2) is 0 Å². The fraction of sp³-hybridized carbons (Fsp3) is 0.235. The van der Waals surface area contributed by atoms with Gasteiger partial charge in [-0.3, -0.25) is 4.79 Å². The van der Waals surface area contributed by atoms with Gasteiger partial charge in [0.2, 0.25) is 0 Å². The van der Waals surface area contributed by atoms with Gasteiger partial charge in [-0.2, -0.15) is 0 Å². The molecule has 2 aromatic rings. The second kappa shape index (κ2) is 6.20. The second-order valence-corrected chi connectivity index (χ2v) is 7.08. The highest BCUT2D eigenvalue weighted by molar-refractivity contribution is 9.10. The van der Waals surface area contributed by atoms with Gasteiger partial charge in [0.05, 0.1) is 10.6 Å². The lowest BCUT2D eigenvalue weighted by molar-refractivity contribution is 0.102. The number of benzene rings is 2. The Kier molecular flexibility index (Phi) is 4.74. The van der Waals surface area contributed by atoms with Crippen LogP contribution in [0.2, 0.25) is 5.02 Å². The number of rotatable bonds is 2. The Bertz CT molecular complexity index is 677. The molecule has 0 aliphatic heterocycles. The van der Waals surface area contributed by atoms with E-state index in [1.54, 1.807) is 12.1 Å². The molecule has 0 aliphatic carbocycles. The maximum absolute atomic E-state index is 12.4. The normalized spacial score (nSPS) is 11.3. The summed E-state index contributed by atoms with van der Waals surface area (Å²) in [5.41, 5.74) is 2.30. The van der Waals surface area contributed by atoms with Crippen LogP contribution in [0.5, 0.6) is 0 Å². The first kappa shape index (κ1) is 16.1. The molecule has 0 bridgehead atoms. The van der Waals surface area contributed by atoms with E-state index >= 15 is 0 Å². The van der Waals surface area contributed by atoms with E-state index in [-0.39, 0.29) is 11.3 Å². The Labute approximate surface area is 138 Å². The SMILES string of the molecule is CC(C)(C)c1ccccc1NC(=O)c1cccc(Br)c1Cl. The molecule has 0 saturated heterocycles. The molecular weight excluding hydrogens is 350 g/mol. The average molecular weight is 367 g/mol. The predicted octanol–water partition coefficient (Wildman–Crippen LogP) is 5.65. The fourth-order valence-corrected chi connectivity index (χ4v) is 2.69. The molecular formula is C17H17BrClNO. The van der Waals surface area contributed by atoms with E-state index in [2.05, 4.69) is 42.0 Å². The molecule has 1 N–H and O–H groups in total. The standard InChI is InChI=1S/C17H17BrClNO/c1-17(2,3)12-8-4-5-10-14(12)20-16(21)11-7-6-9-13(18)15(11)19/h4-10H,1-3H3,(H,20,21). The molecule has 0 saturated carbocycles. The van der Waals surface area contributed by atoms with Crippen LogP contribution in [0.1, 0.15) is 36.7 Å². The first-order valence-electron chi connectivity index (χ1n) is 6.65. The van der Waals surface area contributed by atoms with Crippen LogP contribution in [0.4, 0.5) is 5.69 Å². The van der Waals surface area contributed by atoms with Crippen LogP contribution in [0, 0.1) is 0 Å². The summed E-state index contributed by atoms with van der Waals surface area (Å²) in [6, 6.07) is 13.1. The lowest BCUT2D eigenvalue weighted by Gasteiger charge is -2.23. The number of anilines is 1. The third-order valence-electron chi connectivity index (χ3n) is 3.18. The van der Waals surface area contributed by atoms with Crippen molar-refractivity contribution in [3.63, 3.8) is 0 Å². The fourth-order valence-electron chi connectivity index (χ4n) is 2.11. The number of para-hydroxylation sites is 1. The van der Waals surface area contributed by atoms with Gasteiger partial charge < -0.3 is 5.32 Å². The summed E-state index contributed by atoms with van der Waals surface area (Å²) >= 11 is 9.51. The number of hydrogen-bond acceptors (Lipinski definition) is 1. The molecule has 4 heteroatoms. The second-order valence-electron chi connectivity index (χ2n) is 5.85.